The molecule has 0 saturated heterocycles. The first-order chi connectivity index (χ1) is 10.3. The Morgan fingerprint density at radius 3 is 2.61 bits per heavy atom. The minimum atomic E-state index is -1.61. The van der Waals surface area contributed by atoms with E-state index in [1.54, 1.807) is 6.08 Å². The molecule has 0 fully saturated rings. The van der Waals surface area contributed by atoms with Gasteiger partial charge in [0.1, 0.15) is 0 Å². The number of rotatable bonds is 6. The fraction of sp³-hybridized carbons (Fsp3) is 0.286. The second kappa shape index (κ2) is 7.27. The van der Waals surface area contributed by atoms with Crippen molar-refractivity contribution < 1.29 is 24.9 Å². The van der Waals surface area contributed by atoms with Crippen LogP contribution in [0.5, 0.6) is 0 Å². The van der Waals surface area contributed by atoms with Crippen molar-refractivity contribution in [3.8, 4) is 0 Å². The molecule has 0 heterocycles. The highest BCUT2D eigenvalue weighted by Gasteiger charge is 2.16. The van der Waals surface area contributed by atoms with Crippen LogP contribution in [0.1, 0.15) is 46.0 Å². The standard InChI is InChI=1S/C14H16O4/c1-2-3-4-7-10-18-14(17)12-9-6-5-8-11(12)13(15)16/h3-6,8-9H,2,7,10H2,1H3,(H,15,16)/b4-3+/i5D,6D,8D,9D. The van der Waals surface area contributed by atoms with Crippen molar-refractivity contribution >= 4 is 11.9 Å². The maximum absolute atomic E-state index is 12.0. The molecule has 0 aliphatic heterocycles. The molecule has 4 nitrogen and oxygen atoms in total. The van der Waals surface area contributed by atoms with E-state index in [2.05, 4.69) is 0 Å². The van der Waals surface area contributed by atoms with E-state index in [1.807, 2.05) is 13.0 Å². The van der Waals surface area contributed by atoms with Crippen molar-refractivity contribution in [1.29, 1.82) is 0 Å². The summed E-state index contributed by atoms with van der Waals surface area (Å²) in [5, 5.41) is 9.11. The smallest absolute Gasteiger partial charge is 0.339 e. The molecule has 0 unspecified atom stereocenters. The summed E-state index contributed by atoms with van der Waals surface area (Å²) >= 11 is 0. The lowest BCUT2D eigenvalue weighted by Gasteiger charge is -2.05. The zero-order valence-electron chi connectivity index (χ0n) is 13.9. The van der Waals surface area contributed by atoms with Crippen LogP contribution in [0, 0.1) is 0 Å². The fourth-order valence-corrected chi connectivity index (χ4v) is 1.20. The summed E-state index contributed by atoms with van der Waals surface area (Å²) in [5.74, 6) is -2.68. The average molecular weight is 252 g/mol. The summed E-state index contributed by atoms with van der Waals surface area (Å²) in [4.78, 5) is 23.2. The van der Waals surface area contributed by atoms with Gasteiger partial charge in [-0.3, -0.25) is 0 Å². The Morgan fingerprint density at radius 1 is 1.33 bits per heavy atom. The number of aromatic carboxylic acids is 1. The van der Waals surface area contributed by atoms with Crippen molar-refractivity contribution in [3.05, 3.63) is 47.4 Å². The van der Waals surface area contributed by atoms with E-state index in [4.69, 9.17) is 15.3 Å². The Bertz CT molecular complexity index is 626. The monoisotopic (exact) mass is 252 g/mol. The van der Waals surface area contributed by atoms with Gasteiger partial charge in [0.25, 0.3) is 0 Å². The molecule has 1 aromatic carbocycles. The highest BCUT2D eigenvalue weighted by Crippen LogP contribution is 2.10. The number of carbonyl (C=O) groups excluding carboxylic acids is 1. The molecule has 4 heteroatoms. The van der Waals surface area contributed by atoms with E-state index in [-0.39, 0.29) is 6.61 Å². The predicted octanol–water partition coefficient (Wildman–Crippen LogP) is 2.90. The predicted molar refractivity (Wildman–Crippen MR) is 67.7 cm³/mol. The summed E-state index contributed by atoms with van der Waals surface area (Å²) in [7, 11) is 0. The van der Waals surface area contributed by atoms with Gasteiger partial charge in [-0.25, -0.2) is 9.59 Å². The largest absolute Gasteiger partial charge is 0.478 e. The fourth-order valence-electron chi connectivity index (χ4n) is 1.20. The van der Waals surface area contributed by atoms with Crippen LogP contribution in [0.15, 0.2) is 36.3 Å². The third-order valence-corrected chi connectivity index (χ3v) is 2.03. The van der Waals surface area contributed by atoms with Gasteiger partial charge in [-0.2, -0.15) is 0 Å². The van der Waals surface area contributed by atoms with Crippen LogP contribution in [0.3, 0.4) is 0 Å². The maximum Gasteiger partial charge on any atom is 0.339 e. The highest BCUT2D eigenvalue weighted by atomic mass is 16.5. The molecule has 0 aliphatic rings. The van der Waals surface area contributed by atoms with Crippen LogP contribution < -0.4 is 0 Å². The summed E-state index contributed by atoms with van der Waals surface area (Å²) < 4.78 is 35.1. The van der Waals surface area contributed by atoms with Gasteiger partial charge in [0.2, 0.25) is 0 Å². The van der Waals surface area contributed by atoms with Gasteiger partial charge in [0.05, 0.1) is 23.2 Å². The SMILES string of the molecule is [2H]c1c([2H])c([2H])c(C(=O)OCC/C=C/CC)c(C(=O)O)c1[2H]. The topological polar surface area (TPSA) is 63.6 Å². The lowest BCUT2D eigenvalue weighted by Crippen LogP contribution is -2.11. The Kier molecular flexibility index (Phi) is 3.60. The van der Waals surface area contributed by atoms with Crippen LogP contribution in [-0.4, -0.2) is 23.7 Å². The van der Waals surface area contributed by atoms with E-state index in [1.165, 1.54) is 0 Å². The van der Waals surface area contributed by atoms with Gasteiger partial charge in [0, 0.05) is 0 Å². The summed E-state index contributed by atoms with van der Waals surface area (Å²) in [6.45, 7) is 1.94. The third kappa shape index (κ3) is 4.05. The van der Waals surface area contributed by atoms with Gasteiger partial charge in [-0.15, -0.1) is 0 Å². The number of carboxylic acid groups (broad SMARTS) is 1. The zero-order chi connectivity index (χ0) is 16.9. The van der Waals surface area contributed by atoms with Crippen molar-refractivity contribution in [1.82, 2.24) is 0 Å². The number of esters is 1. The van der Waals surface area contributed by atoms with Crippen molar-refractivity contribution in [2.45, 2.75) is 19.8 Å². The van der Waals surface area contributed by atoms with Crippen LogP contribution >= 0.6 is 0 Å². The lowest BCUT2D eigenvalue weighted by atomic mass is 10.1. The van der Waals surface area contributed by atoms with Crippen molar-refractivity contribution in [2.75, 3.05) is 6.61 Å². The highest BCUT2D eigenvalue weighted by molar-refractivity contribution is 6.02. The van der Waals surface area contributed by atoms with Gasteiger partial charge in [-0.1, -0.05) is 31.2 Å². The first-order valence-electron chi connectivity index (χ1n) is 7.48. The normalized spacial score (nSPS) is 13.6. The number of allylic oxidation sites excluding steroid dienone is 1. The molecular weight excluding hydrogens is 232 g/mol. The number of hydrogen-bond donors (Lipinski definition) is 1. The number of carboxylic acids is 1. The number of carbonyl (C=O) groups is 2. The molecule has 0 atom stereocenters. The minimum Gasteiger partial charge on any atom is -0.478 e. The molecule has 0 bridgehead atoms. The average Bonchev–Trinajstić information content (AvgIpc) is 2.47. The number of benzene rings is 1. The molecular formula is C14H16O4. The molecule has 0 amide bonds. The maximum atomic E-state index is 12.0. The molecule has 0 aromatic heterocycles. The first kappa shape index (κ1) is 8.91. The molecule has 0 spiro atoms. The number of hydrogen-bond acceptors (Lipinski definition) is 3. The van der Waals surface area contributed by atoms with Gasteiger partial charge in [-0.05, 0) is 24.9 Å². The molecule has 0 radical (unpaired) electrons. The molecule has 96 valence electrons. The zero-order valence-corrected chi connectivity index (χ0v) is 9.95. The molecule has 1 rings (SSSR count). The van der Waals surface area contributed by atoms with Crippen LogP contribution in [0.2, 0.25) is 0 Å². The minimum absolute atomic E-state index is 0.00285. The molecule has 18 heavy (non-hydrogen) atoms. The third-order valence-electron chi connectivity index (χ3n) is 2.03. The summed E-state index contributed by atoms with van der Waals surface area (Å²) in [5.41, 5.74) is -1.43. The van der Waals surface area contributed by atoms with Gasteiger partial charge < -0.3 is 9.84 Å². The molecule has 0 aliphatic carbocycles. The summed E-state index contributed by atoms with van der Waals surface area (Å²) in [6, 6.07) is -2.86. The van der Waals surface area contributed by atoms with Crippen LogP contribution in [0.25, 0.3) is 0 Å². The summed E-state index contributed by atoms with van der Waals surface area (Å²) in [6.07, 6.45) is 4.95. The van der Waals surface area contributed by atoms with Crippen LogP contribution in [0.4, 0.5) is 0 Å². The first-order valence-corrected chi connectivity index (χ1v) is 5.48. The van der Waals surface area contributed by atoms with E-state index in [0.717, 1.165) is 6.42 Å². The quantitative estimate of drug-likeness (QED) is 0.480. The second-order valence-corrected chi connectivity index (χ2v) is 3.36. The Morgan fingerprint density at radius 2 is 2.00 bits per heavy atom. The van der Waals surface area contributed by atoms with Gasteiger partial charge in [0.15, 0.2) is 0 Å². The Balaban J connectivity index is 3.15. The van der Waals surface area contributed by atoms with E-state index in [9.17, 15) is 9.59 Å². The van der Waals surface area contributed by atoms with E-state index in [0.29, 0.717) is 6.42 Å². The lowest BCUT2D eigenvalue weighted by molar-refractivity contribution is 0.0500. The molecule has 1 N–H and O–H groups in total. The van der Waals surface area contributed by atoms with Crippen LogP contribution in [-0.2, 0) is 4.74 Å². The Hall–Kier alpha value is -2.10. The van der Waals surface area contributed by atoms with E-state index < -0.39 is 47.2 Å². The molecule has 1 aromatic rings. The second-order valence-electron chi connectivity index (χ2n) is 3.36. The van der Waals surface area contributed by atoms with Crippen molar-refractivity contribution in [2.24, 2.45) is 0 Å². The van der Waals surface area contributed by atoms with Crippen molar-refractivity contribution in [3.63, 3.8) is 0 Å². The van der Waals surface area contributed by atoms with E-state index >= 15 is 0 Å². The molecule has 0 saturated carbocycles. The van der Waals surface area contributed by atoms with Gasteiger partial charge >= 0.3 is 11.9 Å². The number of ether oxygens (including phenoxy) is 1. The Labute approximate surface area is 112 Å².